The summed E-state index contributed by atoms with van der Waals surface area (Å²) in [6, 6.07) is 44.2. The molecule has 0 saturated carbocycles. The zero-order chi connectivity index (χ0) is 42.5. The van der Waals surface area contributed by atoms with Crippen LogP contribution in [0.4, 0.5) is 0 Å². The number of benzene rings is 9. The van der Waals surface area contributed by atoms with Crippen molar-refractivity contribution in [1.29, 1.82) is 0 Å². The number of hydrogen-bond donors (Lipinski definition) is 0. The van der Waals surface area contributed by atoms with E-state index < -0.39 is 17.5 Å². The predicted octanol–water partition coefficient (Wildman–Crippen LogP) is 13.4. The zero-order valence-electron chi connectivity index (χ0n) is 37.4. The summed E-state index contributed by atoms with van der Waals surface area (Å²) >= 11 is 0. The molecule has 10 rings (SSSR count). The van der Waals surface area contributed by atoms with Crippen LogP contribution in [-0.2, 0) is 5.41 Å². The maximum atomic E-state index is 9.29. The molecule has 1 aliphatic carbocycles. The van der Waals surface area contributed by atoms with E-state index in [2.05, 4.69) is 42.5 Å². The second-order valence-electron chi connectivity index (χ2n) is 12.8. The predicted molar refractivity (Wildman–Crippen MR) is 215 cm³/mol. The van der Waals surface area contributed by atoms with Crippen molar-refractivity contribution in [2.45, 2.75) is 5.41 Å². The second kappa shape index (κ2) is 11.8. The SMILES string of the molecule is [2H]c1c([2H])c([2H])c(-c2c3ccccc3c(-c3ccc(-c4ccc5c(c4)C(c4ccccc4)(c4c([2H])c([2H])c([2H])c([2H])c4[2H])c4ccccc4-5)cc3)c3ccccc23)c([2H])c1[2H]. The Hall–Kier alpha value is -6.50. The minimum Gasteiger partial charge on any atom is -0.0622 e. The summed E-state index contributed by atoms with van der Waals surface area (Å²) in [5.41, 5.74) is 7.70. The van der Waals surface area contributed by atoms with Crippen molar-refractivity contribution in [1.82, 2.24) is 0 Å². The van der Waals surface area contributed by atoms with Crippen LogP contribution in [0.25, 0.3) is 66.1 Å². The average molecular weight is 657 g/mol. The van der Waals surface area contributed by atoms with Gasteiger partial charge in [0.15, 0.2) is 0 Å². The van der Waals surface area contributed by atoms with Crippen molar-refractivity contribution in [3.63, 3.8) is 0 Å². The van der Waals surface area contributed by atoms with E-state index in [1.54, 1.807) is 0 Å². The Morgan fingerprint density at radius 1 is 0.333 bits per heavy atom. The van der Waals surface area contributed by atoms with E-state index in [0.29, 0.717) is 5.56 Å². The third-order valence-electron chi connectivity index (χ3n) is 10.3. The Balaban J connectivity index is 1.18. The van der Waals surface area contributed by atoms with Crippen LogP contribution in [0.1, 0.15) is 36.0 Å². The lowest BCUT2D eigenvalue weighted by atomic mass is 9.67. The van der Waals surface area contributed by atoms with Gasteiger partial charge in [-0.15, -0.1) is 0 Å². The summed E-state index contributed by atoms with van der Waals surface area (Å²) in [6.45, 7) is 0. The molecule has 1 aliphatic rings. The average Bonchev–Trinajstić information content (AvgIpc) is 3.59. The topological polar surface area (TPSA) is 0 Å². The van der Waals surface area contributed by atoms with Gasteiger partial charge in [0.05, 0.1) is 19.1 Å². The van der Waals surface area contributed by atoms with E-state index in [1.807, 2.05) is 103 Å². The van der Waals surface area contributed by atoms with Crippen LogP contribution in [0.2, 0.25) is 0 Å². The standard InChI is InChI=1S/C51H34/c1-4-16-36(17-5-1)49-43-23-10-12-25-45(43)50(46-26-13-11-24-44(46)49)37-30-28-35(29-31-37)38-32-33-42-41-22-14-15-27-47(41)51(48(42)34-38,39-18-6-2-7-19-39)40-20-8-3-9-21-40/h1-34H/i1D,2D,4D,5D,6D,7D,16D,17D,18D,19D. The molecule has 51 heavy (non-hydrogen) atoms. The van der Waals surface area contributed by atoms with Crippen molar-refractivity contribution in [3.05, 3.63) is 228 Å². The van der Waals surface area contributed by atoms with Gasteiger partial charge in [-0.2, -0.15) is 0 Å². The highest BCUT2D eigenvalue weighted by Gasteiger charge is 2.46. The molecule has 0 radical (unpaired) electrons. The lowest BCUT2D eigenvalue weighted by Gasteiger charge is -2.34. The molecule has 0 fully saturated rings. The maximum absolute atomic E-state index is 9.29. The van der Waals surface area contributed by atoms with Gasteiger partial charge >= 0.3 is 0 Å². The first kappa shape index (κ1) is 20.9. The Bertz CT molecular complexity index is 3190. The molecular formula is C51H34. The van der Waals surface area contributed by atoms with E-state index in [1.165, 1.54) is 0 Å². The summed E-state index contributed by atoms with van der Waals surface area (Å²) in [4.78, 5) is 0. The van der Waals surface area contributed by atoms with E-state index in [4.69, 9.17) is 11.0 Å². The first-order chi connectivity index (χ1) is 29.5. The fourth-order valence-electron chi connectivity index (χ4n) is 8.22. The van der Waals surface area contributed by atoms with Crippen LogP contribution in [-0.4, -0.2) is 0 Å². The van der Waals surface area contributed by atoms with Gasteiger partial charge in [-0.25, -0.2) is 0 Å². The lowest BCUT2D eigenvalue weighted by Crippen LogP contribution is -2.28. The normalized spacial score (nSPS) is 17.5. The van der Waals surface area contributed by atoms with Crippen LogP contribution >= 0.6 is 0 Å². The van der Waals surface area contributed by atoms with Gasteiger partial charge < -0.3 is 0 Å². The van der Waals surface area contributed by atoms with E-state index in [9.17, 15) is 2.74 Å². The van der Waals surface area contributed by atoms with Crippen molar-refractivity contribution >= 4 is 21.5 Å². The molecule has 1 atom stereocenters. The highest BCUT2D eigenvalue weighted by molar-refractivity contribution is 6.21. The maximum Gasteiger partial charge on any atom is 0.0713 e. The number of fused-ring (bicyclic) bond motifs is 5. The molecule has 0 amide bonds. The molecule has 0 heteroatoms. The van der Waals surface area contributed by atoms with E-state index in [0.717, 1.165) is 71.6 Å². The molecule has 0 aromatic heterocycles. The summed E-state index contributed by atoms with van der Waals surface area (Å²) in [5, 5.41) is 3.28. The summed E-state index contributed by atoms with van der Waals surface area (Å²) in [6.07, 6.45) is 0. The number of hydrogen-bond acceptors (Lipinski definition) is 0. The molecule has 0 heterocycles. The van der Waals surface area contributed by atoms with Gasteiger partial charge in [0.1, 0.15) is 0 Å². The molecule has 238 valence electrons. The quantitative estimate of drug-likeness (QED) is 0.162. The minimum absolute atomic E-state index is 0.161. The van der Waals surface area contributed by atoms with Gasteiger partial charge in [-0.3, -0.25) is 0 Å². The molecule has 0 saturated heterocycles. The number of rotatable bonds is 5. The first-order valence-corrected chi connectivity index (χ1v) is 17.0. The van der Waals surface area contributed by atoms with Gasteiger partial charge in [-0.1, -0.05) is 200 Å². The van der Waals surface area contributed by atoms with Crippen LogP contribution in [0, 0.1) is 0 Å². The summed E-state index contributed by atoms with van der Waals surface area (Å²) in [7, 11) is 0. The fraction of sp³-hybridized carbons (Fsp3) is 0.0196. The summed E-state index contributed by atoms with van der Waals surface area (Å²) < 4.78 is 87.4. The van der Waals surface area contributed by atoms with Gasteiger partial charge in [0.25, 0.3) is 0 Å². The van der Waals surface area contributed by atoms with Crippen molar-refractivity contribution in [2.24, 2.45) is 0 Å². The van der Waals surface area contributed by atoms with Gasteiger partial charge in [0, 0.05) is 0 Å². The molecular weight excluding hydrogens is 613 g/mol. The van der Waals surface area contributed by atoms with E-state index >= 15 is 0 Å². The molecule has 1 unspecified atom stereocenters. The Morgan fingerprint density at radius 3 is 1.47 bits per heavy atom. The Kier molecular flexibility index (Phi) is 4.84. The Labute approximate surface area is 313 Å². The largest absolute Gasteiger partial charge is 0.0713 e. The smallest absolute Gasteiger partial charge is 0.0622 e. The van der Waals surface area contributed by atoms with Crippen LogP contribution in [0.15, 0.2) is 206 Å². The molecule has 0 aliphatic heterocycles. The summed E-state index contributed by atoms with van der Waals surface area (Å²) in [5.74, 6) is 0. The van der Waals surface area contributed by atoms with Crippen molar-refractivity contribution in [3.8, 4) is 44.5 Å². The highest BCUT2D eigenvalue weighted by Crippen LogP contribution is 2.56. The monoisotopic (exact) mass is 656 g/mol. The van der Waals surface area contributed by atoms with Crippen LogP contribution in [0.3, 0.4) is 0 Å². The minimum atomic E-state index is -1.23. The van der Waals surface area contributed by atoms with Crippen LogP contribution < -0.4 is 0 Å². The molecule has 0 nitrogen and oxygen atoms in total. The molecule has 0 N–H and O–H groups in total. The third-order valence-corrected chi connectivity index (χ3v) is 10.3. The van der Waals surface area contributed by atoms with Crippen molar-refractivity contribution in [2.75, 3.05) is 0 Å². The Morgan fingerprint density at radius 2 is 0.824 bits per heavy atom. The molecule has 0 spiro atoms. The van der Waals surface area contributed by atoms with Gasteiger partial charge in [-0.05, 0) is 94.4 Å². The molecule has 9 aromatic carbocycles. The van der Waals surface area contributed by atoms with E-state index in [-0.39, 0.29) is 59.5 Å². The molecule has 9 aromatic rings. The molecule has 0 bridgehead atoms. The first-order valence-electron chi connectivity index (χ1n) is 22.0. The zero-order valence-corrected chi connectivity index (χ0v) is 27.4. The highest BCUT2D eigenvalue weighted by atomic mass is 14.5. The van der Waals surface area contributed by atoms with Crippen LogP contribution in [0.5, 0.6) is 0 Å². The fourth-order valence-corrected chi connectivity index (χ4v) is 8.22. The van der Waals surface area contributed by atoms with Gasteiger partial charge in [0.2, 0.25) is 0 Å². The lowest BCUT2D eigenvalue weighted by molar-refractivity contribution is 0.769. The second-order valence-corrected chi connectivity index (χ2v) is 12.8. The third kappa shape index (κ3) is 4.47. The van der Waals surface area contributed by atoms with Crippen molar-refractivity contribution < 1.29 is 13.7 Å².